The standard InChI is InChI=1S/C29H23NO3/c1-29(2,3)25-16-20(26-27(31)22-9-5-6-10-23(22)28(26)32)15-21(33-25)13-12-18-14-19-8-4-7-11-24(19)30-17-18/h4-17H,1-3H3/b13-12+. The second-order valence-electron chi connectivity index (χ2n) is 9.24. The van der Waals surface area contributed by atoms with E-state index >= 15 is 0 Å². The van der Waals surface area contributed by atoms with Crippen molar-refractivity contribution in [2.45, 2.75) is 20.8 Å². The average molecular weight is 434 g/mol. The van der Waals surface area contributed by atoms with E-state index in [0.29, 0.717) is 28.2 Å². The van der Waals surface area contributed by atoms with Crippen molar-refractivity contribution in [3.8, 4) is 0 Å². The summed E-state index contributed by atoms with van der Waals surface area (Å²) < 4.78 is 6.16. The van der Waals surface area contributed by atoms with E-state index in [2.05, 4.69) is 11.1 Å². The average Bonchev–Trinajstić information content (AvgIpc) is 3.07. The summed E-state index contributed by atoms with van der Waals surface area (Å²) in [5.41, 5.74) is 3.24. The molecule has 2 aromatic carbocycles. The van der Waals surface area contributed by atoms with Crippen LogP contribution in [-0.4, -0.2) is 16.6 Å². The first-order valence-electron chi connectivity index (χ1n) is 10.9. The lowest BCUT2D eigenvalue weighted by Crippen LogP contribution is -2.16. The minimum Gasteiger partial charge on any atom is -0.461 e. The molecule has 0 atom stereocenters. The third-order valence-electron chi connectivity index (χ3n) is 5.76. The second kappa shape index (κ2) is 7.82. The second-order valence-corrected chi connectivity index (χ2v) is 9.24. The van der Waals surface area contributed by atoms with Crippen LogP contribution in [0.3, 0.4) is 0 Å². The smallest absolute Gasteiger partial charge is 0.198 e. The summed E-state index contributed by atoms with van der Waals surface area (Å²) in [5.74, 6) is 0.778. The molecule has 5 rings (SSSR count). The van der Waals surface area contributed by atoms with Gasteiger partial charge >= 0.3 is 0 Å². The molecular formula is C29H23NO3. The van der Waals surface area contributed by atoms with E-state index in [1.165, 1.54) is 0 Å². The SMILES string of the molecule is CC(C)(C)C1=CC(=C2C(=O)c3ccccc3C2=O)C=C(/C=C/c2cnc3ccccc3c2)O1. The summed E-state index contributed by atoms with van der Waals surface area (Å²) >= 11 is 0. The number of fused-ring (bicyclic) bond motifs is 2. The van der Waals surface area contributed by atoms with Gasteiger partial charge < -0.3 is 4.74 Å². The van der Waals surface area contributed by atoms with Gasteiger partial charge in [0.15, 0.2) is 11.6 Å². The number of pyridine rings is 1. The third kappa shape index (κ3) is 3.85. The van der Waals surface area contributed by atoms with E-state index in [0.717, 1.165) is 16.5 Å². The zero-order chi connectivity index (χ0) is 23.2. The maximum Gasteiger partial charge on any atom is 0.198 e. The molecular weight excluding hydrogens is 410 g/mol. The summed E-state index contributed by atoms with van der Waals surface area (Å²) in [7, 11) is 0. The highest BCUT2D eigenvalue weighted by Gasteiger charge is 2.36. The largest absolute Gasteiger partial charge is 0.461 e. The fourth-order valence-corrected chi connectivity index (χ4v) is 3.99. The molecule has 0 fully saturated rings. The molecule has 0 spiro atoms. The topological polar surface area (TPSA) is 56.3 Å². The van der Waals surface area contributed by atoms with Crippen LogP contribution >= 0.6 is 0 Å². The van der Waals surface area contributed by atoms with E-state index in [1.54, 1.807) is 30.3 Å². The Labute approximate surface area is 192 Å². The molecule has 0 saturated heterocycles. The van der Waals surface area contributed by atoms with Crippen molar-refractivity contribution < 1.29 is 14.3 Å². The fourth-order valence-electron chi connectivity index (χ4n) is 3.99. The van der Waals surface area contributed by atoms with Crippen molar-refractivity contribution in [3.63, 3.8) is 0 Å². The minimum absolute atomic E-state index is 0.194. The molecule has 1 aromatic heterocycles. The lowest BCUT2D eigenvalue weighted by atomic mass is 9.89. The van der Waals surface area contributed by atoms with Crippen molar-refractivity contribution in [2.24, 2.45) is 5.41 Å². The van der Waals surface area contributed by atoms with Gasteiger partial charge in [-0.15, -0.1) is 0 Å². The first-order valence-corrected chi connectivity index (χ1v) is 10.9. The van der Waals surface area contributed by atoms with Crippen molar-refractivity contribution in [1.29, 1.82) is 0 Å². The van der Waals surface area contributed by atoms with Crippen molar-refractivity contribution in [2.75, 3.05) is 0 Å². The summed E-state index contributed by atoms with van der Waals surface area (Å²) in [5, 5.41) is 1.05. The Kier molecular flexibility index (Phi) is 4.94. The van der Waals surface area contributed by atoms with Gasteiger partial charge in [-0.05, 0) is 47.6 Å². The molecule has 0 amide bonds. The van der Waals surface area contributed by atoms with Gasteiger partial charge in [0.2, 0.25) is 0 Å². The summed E-state index contributed by atoms with van der Waals surface area (Å²) in [4.78, 5) is 30.6. The van der Waals surface area contributed by atoms with Gasteiger partial charge in [0, 0.05) is 28.1 Å². The number of carbonyl (C=O) groups excluding carboxylic acids is 2. The Hall–Kier alpha value is -4.05. The van der Waals surface area contributed by atoms with Gasteiger partial charge in [-0.1, -0.05) is 63.2 Å². The predicted molar refractivity (Wildman–Crippen MR) is 130 cm³/mol. The van der Waals surface area contributed by atoms with E-state index < -0.39 is 0 Å². The third-order valence-corrected chi connectivity index (χ3v) is 5.76. The molecule has 0 unspecified atom stereocenters. The molecule has 2 heterocycles. The molecule has 0 N–H and O–H groups in total. The number of para-hydroxylation sites is 1. The fraction of sp³-hybridized carbons (Fsp3) is 0.138. The van der Waals surface area contributed by atoms with Gasteiger partial charge in [-0.3, -0.25) is 14.6 Å². The van der Waals surface area contributed by atoms with Gasteiger partial charge in [-0.25, -0.2) is 0 Å². The Bertz CT molecular complexity index is 1410. The molecule has 162 valence electrons. The van der Waals surface area contributed by atoms with Gasteiger partial charge in [0.05, 0.1) is 11.1 Å². The number of carbonyl (C=O) groups is 2. The number of hydrogen-bond acceptors (Lipinski definition) is 4. The predicted octanol–water partition coefficient (Wildman–Crippen LogP) is 6.47. The molecule has 0 radical (unpaired) electrons. The lowest BCUT2D eigenvalue weighted by molar-refractivity contribution is 0.0987. The van der Waals surface area contributed by atoms with E-state index in [4.69, 9.17) is 4.74 Å². The van der Waals surface area contributed by atoms with Crippen LogP contribution < -0.4 is 0 Å². The van der Waals surface area contributed by atoms with E-state index in [-0.39, 0.29) is 22.6 Å². The first-order chi connectivity index (χ1) is 15.8. The van der Waals surface area contributed by atoms with Gasteiger partial charge in [0.1, 0.15) is 11.5 Å². The molecule has 0 saturated carbocycles. The lowest BCUT2D eigenvalue weighted by Gasteiger charge is -2.27. The van der Waals surface area contributed by atoms with Crippen molar-refractivity contribution in [3.05, 3.63) is 118 Å². The molecule has 1 aliphatic heterocycles. The number of ether oxygens (including phenoxy) is 1. The van der Waals surface area contributed by atoms with Crippen LogP contribution in [0.25, 0.3) is 17.0 Å². The number of Topliss-reactive ketones (excluding diaryl/α,β-unsaturated/α-hetero) is 2. The van der Waals surface area contributed by atoms with Crippen molar-refractivity contribution in [1.82, 2.24) is 4.98 Å². The van der Waals surface area contributed by atoms with Crippen LogP contribution in [0.15, 0.2) is 102 Å². The molecule has 1 aliphatic carbocycles. The van der Waals surface area contributed by atoms with Crippen molar-refractivity contribution >= 4 is 28.5 Å². The van der Waals surface area contributed by atoms with Gasteiger partial charge in [0.25, 0.3) is 0 Å². The summed E-state index contributed by atoms with van der Waals surface area (Å²) in [6.45, 7) is 6.11. The number of aromatic nitrogens is 1. The Morgan fingerprint density at radius 1 is 0.848 bits per heavy atom. The molecule has 2 aliphatic rings. The maximum absolute atomic E-state index is 13.1. The maximum atomic E-state index is 13.1. The number of hydrogen-bond donors (Lipinski definition) is 0. The van der Waals surface area contributed by atoms with Crippen LogP contribution in [-0.2, 0) is 4.74 Å². The first kappa shape index (κ1) is 20.8. The molecule has 3 aromatic rings. The number of rotatable bonds is 2. The Morgan fingerprint density at radius 3 is 2.21 bits per heavy atom. The van der Waals surface area contributed by atoms with E-state index in [1.807, 2.05) is 69.5 Å². The summed E-state index contributed by atoms with van der Waals surface area (Å²) in [6, 6.07) is 17.0. The number of ketones is 2. The minimum atomic E-state index is -0.304. The van der Waals surface area contributed by atoms with Crippen LogP contribution in [0.1, 0.15) is 47.1 Å². The Morgan fingerprint density at radius 2 is 1.52 bits per heavy atom. The van der Waals surface area contributed by atoms with Crippen LogP contribution in [0, 0.1) is 5.41 Å². The molecule has 4 nitrogen and oxygen atoms in total. The zero-order valence-electron chi connectivity index (χ0n) is 18.8. The summed E-state index contributed by atoms with van der Waals surface area (Å²) in [6.07, 6.45) is 9.15. The molecule has 4 heteroatoms. The molecule has 33 heavy (non-hydrogen) atoms. The quantitative estimate of drug-likeness (QED) is 0.343. The number of allylic oxidation sites excluding steroid dienone is 6. The van der Waals surface area contributed by atoms with Crippen LogP contribution in [0.2, 0.25) is 0 Å². The monoisotopic (exact) mass is 433 g/mol. The highest BCUT2D eigenvalue weighted by molar-refractivity contribution is 6.40. The number of nitrogens with zero attached hydrogens (tertiary/aromatic N) is 1. The van der Waals surface area contributed by atoms with Crippen LogP contribution in [0.4, 0.5) is 0 Å². The highest BCUT2D eigenvalue weighted by Crippen LogP contribution is 2.37. The Balaban J connectivity index is 1.57. The zero-order valence-corrected chi connectivity index (χ0v) is 18.8. The highest BCUT2D eigenvalue weighted by atomic mass is 16.5. The molecule has 0 bridgehead atoms. The van der Waals surface area contributed by atoms with Gasteiger partial charge in [-0.2, -0.15) is 0 Å². The van der Waals surface area contributed by atoms with E-state index in [9.17, 15) is 9.59 Å². The van der Waals surface area contributed by atoms with Crippen LogP contribution in [0.5, 0.6) is 0 Å². The number of benzene rings is 2. The normalized spacial score (nSPS) is 16.2.